The Morgan fingerprint density at radius 3 is 2.79 bits per heavy atom. The van der Waals surface area contributed by atoms with Crippen molar-refractivity contribution in [3.63, 3.8) is 0 Å². The van der Waals surface area contributed by atoms with Crippen LogP contribution >= 0.6 is 11.3 Å². The minimum Gasteiger partial charge on any atom is -0.298 e. The molecule has 0 aliphatic carbocycles. The van der Waals surface area contributed by atoms with Crippen LogP contribution in [0.1, 0.15) is 16.1 Å². The van der Waals surface area contributed by atoms with Gasteiger partial charge in [-0.1, -0.05) is 24.3 Å². The molecule has 0 unspecified atom stereocenters. The number of thiazole rings is 1. The average Bonchev–Trinajstić information content (AvgIpc) is 2.65. The van der Waals surface area contributed by atoms with Crippen molar-refractivity contribution in [3.8, 4) is 10.6 Å². The van der Waals surface area contributed by atoms with E-state index in [1.807, 2.05) is 30.5 Å². The third-order valence-electron chi connectivity index (χ3n) is 1.94. The minimum atomic E-state index is 0.696. The van der Waals surface area contributed by atoms with Crippen LogP contribution in [0.4, 0.5) is 0 Å². The standard InChI is InChI=1S/C11H9NOS/c1-8-7-14-11(12-8)10-5-3-2-4-9(10)6-13/h2-7H,1H3. The molecule has 0 saturated carbocycles. The quantitative estimate of drug-likeness (QED) is 0.702. The van der Waals surface area contributed by atoms with E-state index in [4.69, 9.17) is 0 Å². The van der Waals surface area contributed by atoms with Gasteiger partial charge in [-0.15, -0.1) is 11.3 Å². The number of aryl methyl sites for hydroxylation is 1. The van der Waals surface area contributed by atoms with Crippen LogP contribution < -0.4 is 0 Å². The predicted molar refractivity (Wildman–Crippen MR) is 57.7 cm³/mol. The minimum absolute atomic E-state index is 0.696. The molecule has 0 atom stereocenters. The fourth-order valence-corrected chi connectivity index (χ4v) is 2.12. The van der Waals surface area contributed by atoms with Crippen molar-refractivity contribution < 1.29 is 4.79 Å². The molecule has 0 fully saturated rings. The molecule has 1 heterocycles. The van der Waals surface area contributed by atoms with Gasteiger partial charge in [-0.3, -0.25) is 4.79 Å². The summed E-state index contributed by atoms with van der Waals surface area (Å²) < 4.78 is 0. The average molecular weight is 203 g/mol. The number of carbonyl (C=O) groups excluding carboxylic acids is 1. The van der Waals surface area contributed by atoms with E-state index in [1.54, 1.807) is 17.4 Å². The summed E-state index contributed by atoms with van der Waals surface area (Å²) in [4.78, 5) is 15.1. The third-order valence-corrected chi connectivity index (χ3v) is 2.93. The van der Waals surface area contributed by atoms with E-state index in [0.717, 1.165) is 22.6 Å². The Kier molecular flexibility index (Phi) is 2.41. The summed E-state index contributed by atoms with van der Waals surface area (Å²) in [6, 6.07) is 7.49. The molecule has 0 N–H and O–H groups in total. The van der Waals surface area contributed by atoms with E-state index in [9.17, 15) is 4.79 Å². The van der Waals surface area contributed by atoms with Gasteiger partial charge < -0.3 is 0 Å². The van der Waals surface area contributed by atoms with E-state index < -0.39 is 0 Å². The van der Waals surface area contributed by atoms with Crippen molar-refractivity contribution in [2.45, 2.75) is 6.92 Å². The van der Waals surface area contributed by atoms with E-state index in [0.29, 0.717) is 5.56 Å². The summed E-state index contributed by atoms with van der Waals surface area (Å²) >= 11 is 1.56. The van der Waals surface area contributed by atoms with Gasteiger partial charge in [-0.2, -0.15) is 0 Å². The van der Waals surface area contributed by atoms with Crippen LogP contribution in [0, 0.1) is 6.92 Å². The van der Waals surface area contributed by atoms with Gasteiger partial charge in [0.1, 0.15) is 5.01 Å². The fourth-order valence-electron chi connectivity index (χ4n) is 1.27. The number of aldehydes is 1. The first-order chi connectivity index (χ1) is 6.81. The first-order valence-electron chi connectivity index (χ1n) is 4.28. The second kappa shape index (κ2) is 3.72. The molecule has 70 valence electrons. The normalized spacial score (nSPS) is 10.1. The molecule has 14 heavy (non-hydrogen) atoms. The van der Waals surface area contributed by atoms with Crippen molar-refractivity contribution >= 4 is 17.6 Å². The Hall–Kier alpha value is -1.48. The number of carbonyl (C=O) groups is 1. The molecule has 0 bridgehead atoms. The Balaban J connectivity index is 2.55. The van der Waals surface area contributed by atoms with Crippen LogP contribution in [0.3, 0.4) is 0 Å². The maximum absolute atomic E-state index is 10.8. The molecule has 2 nitrogen and oxygen atoms in total. The largest absolute Gasteiger partial charge is 0.298 e. The van der Waals surface area contributed by atoms with Crippen LogP contribution in [0.15, 0.2) is 29.6 Å². The Morgan fingerprint density at radius 2 is 2.14 bits per heavy atom. The van der Waals surface area contributed by atoms with Crippen LogP contribution in [-0.2, 0) is 0 Å². The van der Waals surface area contributed by atoms with Gasteiger partial charge in [0.05, 0.1) is 0 Å². The van der Waals surface area contributed by atoms with Crippen molar-refractivity contribution in [3.05, 3.63) is 40.9 Å². The molecule has 2 aromatic rings. The molecule has 0 amide bonds. The third kappa shape index (κ3) is 1.59. The maximum Gasteiger partial charge on any atom is 0.150 e. The maximum atomic E-state index is 10.8. The molecule has 0 aliphatic heterocycles. The second-order valence-electron chi connectivity index (χ2n) is 3.00. The zero-order chi connectivity index (χ0) is 9.97. The molecule has 2 rings (SSSR count). The number of benzene rings is 1. The topological polar surface area (TPSA) is 30.0 Å². The molecule has 3 heteroatoms. The number of rotatable bonds is 2. The highest BCUT2D eigenvalue weighted by atomic mass is 32.1. The SMILES string of the molecule is Cc1csc(-c2ccccc2C=O)n1. The molecule has 0 aliphatic rings. The summed E-state index contributed by atoms with van der Waals surface area (Å²) in [5.41, 5.74) is 2.60. The van der Waals surface area contributed by atoms with Crippen molar-refractivity contribution in [1.29, 1.82) is 0 Å². The highest BCUT2D eigenvalue weighted by molar-refractivity contribution is 7.13. The van der Waals surface area contributed by atoms with E-state index in [-0.39, 0.29) is 0 Å². The molecule has 1 aromatic heterocycles. The summed E-state index contributed by atoms with van der Waals surface area (Å²) in [5, 5.41) is 2.89. The van der Waals surface area contributed by atoms with Crippen LogP contribution in [-0.4, -0.2) is 11.3 Å². The highest BCUT2D eigenvalue weighted by Crippen LogP contribution is 2.25. The van der Waals surface area contributed by atoms with Gasteiger partial charge >= 0.3 is 0 Å². The lowest BCUT2D eigenvalue weighted by atomic mass is 10.1. The molecule has 1 aromatic carbocycles. The molecular formula is C11H9NOS. The Bertz CT molecular complexity index is 462. The smallest absolute Gasteiger partial charge is 0.150 e. The predicted octanol–water partition coefficient (Wildman–Crippen LogP) is 2.93. The molecule has 0 radical (unpaired) electrons. The summed E-state index contributed by atoms with van der Waals surface area (Å²) in [6.07, 6.45) is 0.867. The summed E-state index contributed by atoms with van der Waals surface area (Å²) in [7, 11) is 0. The van der Waals surface area contributed by atoms with E-state index in [1.165, 1.54) is 0 Å². The van der Waals surface area contributed by atoms with Gasteiger partial charge in [0.15, 0.2) is 6.29 Å². The van der Waals surface area contributed by atoms with Crippen molar-refractivity contribution in [1.82, 2.24) is 4.98 Å². The Labute approximate surface area is 86.2 Å². The lowest BCUT2D eigenvalue weighted by Gasteiger charge is -1.98. The number of hydrogen-bond acceptors (Lipinski definition) is 3. The van der Waals surface area contributed by atoms with Gasteiger partial charge in [0.25, 0.3) is 0 Å². The zero-order valence-electron chi connectivity index (χ0n) is 7.73. The van der Waals surface area contributed by atoms with Crippen LogP contribution in [0.5, 0.6) is 0 Å². The highest BCUT2D eigenvalue weighted by Gasteiger charge is 2.06. The lowest BCUT2D eigenvalue weighted by molar-refractivity contribution is 0.112. The number of aromatic nitrogens is 1. The van der Waals surface area contributed by atoms with Crippen LogP contribution in [0.2, 0.25) is 0 Å². The van der Waals surface area contributed by atoms with Gasteiger partial charge in [0, 0.05) is 22.2 Å². The first kappa shape index (κ1) is 9.09. The summed E-state index contributed by atoms with van der Waals surface area (Å²) in [5.74, 6) is 0. The zero-order valence-corrected chi connectivity index (χ0v) is 8.54. The summed E-state index contributed by atoms with van der Waals surface area (Å²) in [6.45, 7) is 1.95. The monoisotopic (exact) mass is 203 g/mol. The second-order valence-corrected chi connectivity index (χ2v) is 3.86. The van der Waals surface area contributed by atoms with Crippen molar-refractivity contribution in [2.75, 3.05) is 0 Å². The molecule has 0 spiro atoms. The first-order valence-corrected chi connectivity index (χ1v) is 5.16. The van der Waals surface area contributed by atoms with Gasteiger partial charge in [-0.25, -0.2) is 4.98 Å². The fraction of sp³-hybridized carbons (Fsp3) is 0.0909. The van der Waals surface area contributed by atoms with E-state index in [2.05, 4.69) is 4.98 Å². The number of nitrogens with zero attached hydrogens (tertiary/aromatic N) is 1. The van der Waals surface area contributed by atoms with E-state index >= 15 is 0 Å². The Morgan fingerprint density at radius 1 is 1.36 bits per heavy atom. The van der Waals surface area contributed by atoms with Crippen molar-refractivity contribution in [2.24, 2.45) is 0 Å². The lowest BCUT2D eigenvalue weighted by Crippen LogP contribution is -1.85. The van der Waals surface area contributed by atoms with Crippen LogP contribution in [0.25, 0.3) is 10.6 Å². The molecule has 0 saturated heterocycles. The number of hydrogen-bond donors (Lipinski definition) is 0. The molecular weight excluding hydrogens is 194 g/mol. The van der Waals surface area contributed by atoms with Gasteiger partial charge in [0.2, 0.25) is 0 Å². The van der Waals surface area contributed by atoms with Gasteiger partial charge in [-0.05, 0) is 6.92 Å².